The van der Waals surface area contributed by atoms with Crippen LogP contribution in [0.1, 0.15) is 16.1 Å². The standard InChI is InChI=1S/C8H6F3IN2O3/c9-8(10,11)17-6-3(7(15)16)1-4(12)5(2-13)14-6/h1H,2,13H2,(H,15,16). The highest BCUT2D eigenvalue weighted by molar-refractivity contribution is 14.1. The van der Waals surface area contributed by atoms with Gasteiger partial charge in [0.15, 0.2) is 0 Å². The third-order valence-corrected chi connectivity index (χ3v) is 2.58. The monoisotopic (exact) mass is 362 g/mol. The molecule has 0 unspecified atom stereocenters. The Hall–Kier alpha value is -1.10. The van der Waals surface area contributed by atoms with Crippen LogP contribution < -0.4 is 10.5 Å². The Balaban J connectivity index is 3.29. The van der Waals surface area contributed by atoms with Gasteiger partial charge in [-0.3, -0.25) is 0 Å². The second-order valence-corrected chi connectivity index (χ2v) is 3.99. The molecule has 1 aromatic rings. The quantitative estimate of drug-likeness (QED) is 0.801. The third-order valence-electron chi connectivity index (χ3n) is 1.65. The van der Waals surface area contributed by atoms with Gasteiger partial charge in [-0.15, -0.1) is 13.2 Å². The SMILES string of the molecule is NCc1nc(OC(F)(F)F)c(C(=O)O)cc1I. The Labute approximate surface area is 107 Å². The van der Waals surface area contributed by atoms with Crippen LogP contribution in [0.25, 0.3) is 0 Å². The Morgan fingerprint density at radius 2 is 2.18 bits per heavy atom. The average molecular weight is 362 g/mol. The van der Waals surface area contributed by atoms with E-state index in [-0.39, 0.29) is 12.2 Å². The fourth-order valence-corrected chi connectivity index (χ4v) is 1.64. The number of alkyl halides is 3. The maximum Gasteiger partial charge on any atom is 0.574 e. The van der Waals surface area contributed by atoms with E-state index in [0.717, 1.165) is 6.07 Å². The summed E-state index contributed by atoms with van der Waals surface area (Å²) in [6.07, 6.45) is -5.00. The van der Waals surface area contributed by atoms with Crippen molar-refractivity contribution >= 4 is 28.6 Å². The zero-order valence-electron chi connectivity index (χ0n) is 8.08. The first-order valence-electron chi connectivity index (χ1n) is 4.13. The highest BCUT2D eigenvalue weighted by Gasteiger charge is 2.34. The number of hydrogen-bond donors (Lipinski definition) is 2. The number of nitrogens with two attached hydrogens (primary N) is 1. The molecule has 0 atom stereocenters. The molecule has 0 spiro atoms. The summed E-state index contributed by atoms with van der Waals surface area (Å²) in [6, 6.07) is 1.03. The largest absolute Gasteiger partial charge is 0.574 e. The lowest BCUT2D eigenvalue weighted by Crippen LogP contribution is -2.21. The number of carboxylic acids is 1. The van der Waals surface area contributed by atoms with Gasteiger partial charge < -0.3 is 15.6 Å². The molecule has 0 amide bonds. The van der Waals surface area contributed by atoms with Crippen molar-refractivity contribution in [2.24, 2.45) is 5.73 Å². The smallest absolute Gasteiger partial charge is 0.477 e. The molecule has 9 heteroatoms. The van der Waals surface area contributed by atoms with Crippen molar-refractivity contribution in [3.05, 3.63) is 20.9 Å². The Morgan fingerprint density at radius 1 is 1.59 bits per heavy atom. The molecule has 0 aliphatic heterocycles. The number of carbonyl (C=O) groups is 1. The Kier molecular flexibility index (Phi) is 4.14. The molecular weight excluding hydrogens is 356 g/mol. The number of carboxylic acid groups (broad SMARTS) is 1. The minimum Gasteiger partial charge on any atom is -0.477 e. The highest BCUT2D eigenvalue weighted by Crippen LogP contribution is 2.27. The summed E-state index contributed by atoms with van der Waals surface area (Å²) in [6.45, 7) is -0.119. The van der Waals surface area contributed by atoms with E-state index in [9.17, 15) is 18.0 Å². The van der Waals surface area contributed by atoms with Crippen LogP contribution >= 0.6 is 22.6 Å². The molecule has 0 bridgehead atoms. The zero-order valence-corrected chi connectivity index (χ0v) is 10.2. The summed E-state index contributed by atoms with van der Waals surface area (Å²) < 4.78 is 40.0. The number of aromatic carboxylic acids is 1. The summed E-state index contributed by atoms with van der Waals surface area (Å²) in [5, 5.41) is 8.73. The van der Waals surface area contributed by atoms with Crippen LogP contribution in [0.15, 0.2) is 6.07 Å². The number of halogens is 4. The molecule has 0 radical (unpaired) electrons. The van der Waals surface area contributed by atoms with Crippen molar-refractivity contribution in [2.45, 2.75) is 12.9 Å². The van der Waals surface area contributed by atoms with Gasteiger partial charge in [-0.2, -0.15) is 0 Å². The topological polar surface area (TPSA) is 85.4 Å². The normalized spacial score (nSPS) is 11.4. The Bertz CT molecular complexity index is 450. The second kappa shape index (κ2) is 5.04. The van der Waals surface area contributed by atoms with Crippen LogP contribution in [0.3, 0.4) is 0 Å². The molecular formula is C8H6F3IN2O3. The lowest BCUT2D eigenvalue weighted by Gasteiger charge is -2.12. The van der Waals surface area contributed by atoms with Gasteiger partial charge >= 0.3 is 12.3 Å². The predicted octanol–water partition coefficient (Wildman–Crippen LogP) is 1.74. The van der Waals surface area contributed by atoms with E-state index >= 15 is 0 Å². The second-order valence-electron chi connectivity index (χ2n) is 2.83. The van der Waals surface area contributed by atoms with Gasteiger partial charge in [0.1, 0.15) is 5.56 Å². The molecule has 5 nitrogen and oxygen atoms in total. The molecule has 1 aromatic heterocycles. The van der Waals surface area contributed by atoms with Crippen molar-refractivity contribution in [1.29, 1.82) is 0 Å². The van der Waals surface area contributed by atoms with Gasteiger partial charge in [0, 0.05) is 10.1 Å². The average Bonchev–Trinajstić information content (AvgIpc) is 2.17. The number of aromatic nitrogens is 1. The number of hydrogen-bond acceptors (Lipinski definition) is 4. The fraction of sp³-hybridized carbons (Fsp3) is 0.250. The first-order valence-corrected chi connectivity index (χ1v) is 5.21. The van der Waals surface area contributed by atoms with Crippen LogP contribution in [0.4, 0.5) is 13.2 Å². The molecule has 94 valence electrons. The van der Waals surface area contributed by atoms with Gasteiger partial charge in [-0.05, 0) is 28.7 Å². The molecule has 1 heterocycles. The van der Waals surface area contributed by atoms with E-state index in [4.69, 9.17) is 10.8 Å². The van der Waals surface area contributed by atoms with E-state index in [2.05, 4.69) is 9.72 Å². The maximum atomic E-state index is 12.0. The van der Waals surface area contributed by atoms with Crippen LogP contribution in [0, 0.1) is 3.57 Å². The molecule has 3 N–H and O–H groups in total. The zero-order chi connectivity index (χ0) is 13.2. The van der Waals surface area contributed by atoms with E-state index in [0.29, 0.717) is 3.57 Å². The number of pyridine rings is 1. The third kappa shape index (κ3) is 3.70. The minimum atomic E-state index is -5.00. The summed E-state index contributed by atoms with van der Waals surface area (Å²) >= 11 is 1.73. The summed E-state index contributed by atoms with van der Waals surface area (Å²) in [4.78, 5) is 14.2. The molecule has 0 aliphatic rings. The number of rotatable bonds is 3. The lowest BCUT2D eigenvalue weighted by molar-refractivity contribution is -0.276. The fourth-order valence-electron chi connectivity index (χ4n) is 0.992. The minimum absolute atomic E-state index is 0.119. The van der Waals surface area contributed by atoms with Gasteiger partial charge in [-0.25, -0.2) is 9.78 Å². The Morgan fingerprint density at radius 3 is 2.59 bits per heavy atom. The van der Waals surface area contributed by atoms with Gasteiger partial charge in [0.25, 0.3) is 0 Å². The molecule has 0 fully saturated rings. The predicted molar refractivity (Wildman–Crippen MR) is 58.5 cm³/mol. The highest BCUT2D eigenvalue weighted by atomic mass is 127. The van der Waals surface area contributed by atoms with Gasteiger partial charge in [0.2, 0.25) is 5.88 Å². The van der Waals surface area contributed by atoms with Crippen LogP contribution in [-0.2, 0) is 6.54 Å². The number of nitrogens with zero attached hydrogens (tertiary/aromatic N) is 1. The molecule has 17 heavy (non-hydrogen) atoms. The summed E-state index contributed by atoms with van der Waals surface area (Å²) in [5.74, 6) is -2.57. The van der Waals surface area contributed by atoms with Crippen molar-refractivity contribution in [2.75, 3.05) is 0 Å². The van der Waals surface area contributed by atoms with E-state index in [1.165, 1.54) is 0 Å². The van der Waals surface area contributed by atoms with Gasteiger partial charge in [0.05, 0.1) is 5.69 Å². The molecule has 0 aromatic carbocycles. The first kappa shape index (κ1) is 14.0. The maximum absolute atomic E-state index is 12.0. The molecule has 0 saturated carbocycles. The van der Waals surface area contributed by atoms with Crippen molar-refractivity contribution in [3.8, 4) is 5.88 Å². The lowest BCUT2D eigenvalue weighted by atomic mass is 10.2. The first-order chi connectivity index (χ1) is 7.74. The van der Waals surface area contributed by atoms with Crippen LogP contribution in [0.2, 0.25) is 0 Å². The number of ether oxygens (including phenoxy) is 1. The van der Waals surface area contributed by atoms with Crippen LogP contribution in [0.5, 0.6) is 5.88 Å². The van der Waals surface area contributed by atoms with E-state index in [1.54, 1.807) is 22.6 Å². The molecule has 0 aliphatic carbocycles. The summed E-state index contributed by atoms with van der Waals surface area (Å²) in [5.41, 5.74) is 4.73. The summed E-state index contributed by atoms with van der Waals surface area (Å²) in [7, 11) is 0. The van der Waals surface area contributed by atoms with Crippen molar-refractivity contribution in [1.82, 2.24) is 4.98 Å². The van der Waals surface area contributed by atoms with E-state index < -0.39 is 23.8 Å². The molecule has 1 rings (SSSR count). The van der Waals surface area contributed by atoms with Crippen LogP contribution in [-0.4, -0.2) is 22.4 Å². The van der Waals surface area contributed by atoms with E-state index in [1.807, 2.05) is 0 Å². The van der Waals surface area contributed by atoms with Crippen molar-refractivity contribution in [3.63, 3.8) is 0 Å². The van der Waals surface area contributed by atoms with Crippen molar-refractivity contribution < 1.29 is 27.8 Å². The molecule has 0 saturated heterocycles. The van der Waals surface area contributed by atoms with Gasteiger partial charge in [-0.1, -0.05) is 0 Å².